The van der Waals surface area contributed by atoms with Crippen molar-refractivity contribution in [1.29, 1.82) is 0 Å². The van der Waals surface area contributed by atoms with Crippen LogP contribution in [-0.4, -0.2) is 31.6 Å². The third kappa shape index (κ3) is 5.50. The molecule has 0 unspecified atom stereocenters. The maximum atomic E-state index is 14.4. The fraction of sp³-hybridized carbons (Fsp3) is 0.0588. The van der Waals surface area contributed by atoms with Crippen LogP contribution in [0.2, 0.25) is 0 Å². The predicted molar refractivity (Wildman–Crippen MR) is 183 cm³/mol. The summed E-state index contributed by atoms with van der Waals surface area (Å²) in [5, 5.41) is 0.337. The van der Waals surface area contributed by atoms with Crippen molar-refractivity contribution in [3.05, 3.63) is 130 Å². The first-order chi connectivity index (χ1) is 22.0. The Kier molecular flexibility index (Phi) is 7.88. The first kappa shape index (κ1) is 28.9. The molecule has 0 bridgehead atoms. The van der Waals surface area contributed by atoms with Gasteiger partial charge < -0.3 is 9.47 Å². The van der Waals surface area contributed by atoms with E-state index in [1.165, 1.54) is 9.13 Å². The van der Waals surface area contributed by atoms with E-state index in [-0.39, 0.29) is 22.8 Å². The van der Waals surface area contributed by atoms with Gasteiger partial charge in [-0.25, -0.2) is 9.13 Å². The zero-order chi connectivity index (χ0) is 30.9. The van der Waals surface area contributed by atoms with Gasteiger partial charge in [-0.2, -0.15) is 9.97 Å². The topological polar surface area (TPSA) is 88.2 Å². The number of fused-ring (bicyclic) bond motifs is 3. The summed E-state index contributed by atoms with van der Waals surface area (Å²) in [5.41, 5.74) is 0.231. The molecule has 0 fully saturated rings. The number of benzene rings is 4. The zero-order valence-corrected chi connectivity index (χ0v) is 26.5. The second-order valence-electron chi connectivity index (χ2n) is 9.76. The van der Waals surface area contributed by atoms with Crippen LogP contribution in [-0.2, 0) is 0 Å². The van der Waals surface area contributed by atoms with Crippen LogP contribution in [0.1, 0.15) is 0 Å². The van der Waals surface area contributed by atoms with E-state index in [1.807, 2.05) is 97.4 Å². The Morgan fingerprint density at radius 3 is 1.29 bits per heavy atom. The van der Waals surface area contributed by atoms with E-state index in [4.69, 9.17) is 19.4 Å². The van der Waals surface area contributed by atoms with Crippen LogP contribution >= 0.6 is 34.9 Å². The summed E-state index contributed by atoms with van der Waals surface area (Å²) >= 11 is 4.38. The first-order valence-electron chi connectivity index (χ1n) is 13.8. The molecule has 45 heavy (non-hydrogen) atoms. The Morgan fingerprint density at radius 1 is 0.556 bits per heavy atom. The quantitative estimate of drug-likeness (QED) is 0.153. The van der Waals surface area contributed by atoms with E-state index < -0.39 is 11.1 Å². The summed E-state index contributed by atoms with van der Waals surface area (Å²) in [6, 6.07) is 33.4. The average molecular weight is 649 g/mol. The number of aromatic nitrogens is 4. The number of ether oxygens (including phenoxy) is 2. The Labute approximate surface area is 269 Å². The van der Waals surface area contributed by atoms with Gasteiger partial charge in [-0.3, -0.25) is 9.59 Å². The molecular weight excluding hydrogens is 625 g/mol. The molecule has 7 aromatic rings. The van der Waals surface area contributed by atoms with Gasteiger partial charge in [-0.1, -0.05) is 47.7 Å². The molecule has 0 aliphatic carbocycles. The van der Waals surface area contributed by atoms with Gasteiger partial charge >= 0.3 is 12.0 Å². The summed E-state index contributed by atoms with van der Waals surface area (Å²) in [7, 11) is 0. The van der Waals surface area contributed by atoms with Gasteiger partial charge in [-0.05, 0) is 85.3 Å². The van der Waals surface area contributed by atoms with E-state index in [0.29, 0.717) is 32.5 Å². The van der Waals surface area contributed by atoms with Crippen molar-refractivity contribution >= 4 is 55.3 Å². The van der Waals surface area contributed by atoms with Crippen molar-refractivity contribution in [2.24, 2.45) is 0 Å². The minimum Gasteiger partial charge on any atom is -0.425 e. The Bertz CT molecular complexity index is 2110. The van der Waals surface area contributed by atoms with Crippen molar-refractivity contribution in [3.63, 3.8) is 0 Å². The number of hydrogen-bond acceptors (Lipinski definition) is 9. The smallest absolute Gasteiger partial charge is 0.310 e. The van der Waals surface area contributed by atoms with Crippen molar-refractivity contribution in [1.82, 2.24) is 19.1 Å². The van der Waals surface area contributed by atoms with Crippen LogP contribution in [0.4, 0.5) is 0 Å². The van der Waals surface area contributed by atoms with Crippen LogP contribution in [0.15, 0.2) is 129 Å². The van der Waals surface area contributed by atoms with Crippen LogP contribution < -0.4 is 20.6 Å². The molecule has 222 valence electrons. The fourth-order valence-electron chi connectivity index (χ4n) is 4.88. The molecule has 0 saturated carbocycles. The molecule has 0 amide bonds. The maximum absolute atomic E-state index is 14.4. The molecule has 0 aliphatic heterocycles. The fourth-order valence-corrected chi connectivity index (χ4v) is 6.71. The third-order valence-electron chi connectivity index (χ3n) is 7.05. The van der Waals surface area contributed by atoms with E-state index in [2.05, 4.69) is 0 Å². The predicted octanol–water partition coefficient (Wildman–Crippen LogP) is 8.17. The van der Waals surface area contributed by atoms with Crippen molar-refractivity contribution < 1.29 is 9.47 Å². The molecule has 7 rings (SSSR count). The van der Waals surface area contributed by atoms with Gasteiger partial charge in [0, 0.05) is 9.79 Å². The lowest BCUT2D eigenvalue weighted by molar-refractivity contribution is 0.426. The first-order valence-corrected chi connectivity index (χ1v) is 17.1. The summed E-state index contributed by atoms with van der Waals surface area (Å²) in [4.78, 5) is 41.2. The van der Waals surface area contributed by atoms with E-state index in [9.17, 15) is 9.59 Å². The summed E-state index contributed by atoms with van der Waals surface area (Å²) in [5.74, 6) is 1.05. The third-order valence-corrected chi connectivity index (χ3v) is 9.51. The number of hydrogen-bond donors (Lipinski definition) is 0. The monoisotopic (exact) mass is 648 g/mol. The van der Waals surface area contributed by atoms with Gasteiger partial charge in [-0.15, -0.1) is 23.5 Å². The Balaban J connectivity index is 1.48. The number of thiophene rings is 1. The molecule has 8 nitrogen and oxygen atoms in total. The highest BCUT2D eigenvalue weighted by Gasteiger charge is 2.25. The standard InChI is InChI=1S/C34H24N4O4S3/c1-43-25-17-13-23(14-18-25)41-33-35-29-27(31(39)37(33)21-9-5-3-6-10-21)28-30(45-29)36-34(42-24-15-19-26(44-2)20-16-24)38(32(28)40)22-11-7-4-8-12-22/h3-20H,1-2H3. The van der Waals surface area contributed by atoms with Crippen molar-refractivity contribution in [3.8, 4) is 34.9 Å². The second-order valence-corrected chi connectivity index (χ2v) is 12.5. The average Bonchev–Trinajstić information content (AvgIpc) is 3.45. The lowest BCUT2D eigenvalue weighted by Crippen LogP contribution is -2.24. The second kappa shape index (κ2) is 12.3. The minimum absolute atomic E-state index is 0.0795. The molecule has 0 saturated heterocycles. The lowest BCUT2D eigenvalue weighted by Gasteiger charge is -2.14. The maximum Gasteiger partial charge on any atom is 0.310 e. The van der Waals surface area contributed by atoms with Gasteiger partial charge in [0.1, 0.15) is 21.2 Å². The molecule has 0 radical (unpaired) electrons. The number of rotatable bonds is 8. The largest absolute Gasteiger partial charge is 0.425 e. The van der Waals surface area contributed by atoms with Crippen LogP contribution in [0.3, 0.4) is 0 Å². The Morgan fingerprint density at radius 2 is 0.933 bits per heavy atom. The highest BCUT2D eigenvalue weighted by molar-refractivity contribution is 7.98. The normalized spacial score (nSPS) is 11.2. The van der Waals surface area contributed by atoms with Gasteiger partial charge in [0.25, 0.3) is 11.1 Å². The highest BCUT2D eigenvalue weighted by atomic mass is 32.2. The molecule has 3 aromatic heterocycles. The van der Waals surface area contributed by atoms with Crippen molar-refractivity contribution in [2.75, 3.05) is 12.5 Å². The molecule has 0 N–H and O–H groups in total. The minimum atomic E-state index is -0.437. The SMILES string of the molecule is CSc1ccc(Oc2nc3sc4nc(Oc5ccc(SC)cc5)n(-c5ccccc5)c(=O)c4c3c(=O)n2-c2ccccc2)cc1. The van der Waals surface area contributed by atoms with E-state index in [1.54, 1.807) is 47.8 Å². The molecule has 0 atom stereocenters. The zero-order valence-electron chi connectivity index (χ0n) is 24.0. The van der Waals surface area contributed by atoms with Gasteiger partial charge in [0.05, 0.1) is 22.1 Å². The number of nitrogens with zero attached hydrogens (tertiary/aromatic N) is 4. The molecule has 0 spiro atoms. The summed E-state index contributed by atoms with van der Waals surface area (Å²) in [6.45, 7) is 0. The molecule has 4 aromatic carbocycles. The van der Waals surface area contributed by atoms with Crippen LogP contribution in [0, 0.1) is 0 Å². The summed E-state index contributed by atoms with van der Waals surface area (Å²) < 4.78 is 15.2. The highest BCUT2D eigenvalue weighted by Crippen LogP contribution is 2.34. The molecule has 0 aliphatic rings. The number of thioether (sulfide) groups is 2. The van der Waals surface area contributed by atoms with E-state index >= 15 is 0 Å². The molecular formula is C34H24N4O4S3. The molecule has 11 heteroatoms. The van der Waals surface area contributed by atoms with Gasteiger partial charge in [0.2, 0.25) is 0 Å². The van der Waals surface area contributed by atoms with Crippen LogP contribution in [0.5, 0.6) is 23.5 Å². The van der Waals surface area contributed by atoms with E-state index in [0.717, 1.165) is 21.1 Å². The summed E-state index contributed by atoms with van der Waals surface area (Å²) in [6.07, 6.45) is 3.99. The van der Waals surface area contributed by atoms with Gasteiger partial charge in [0.15, 0.2) is 0 Å². The lowest BCUT2D eigenvalue weighted by atomic mass is 10.2. The molecule has 3 heterocycles. The Hall–Kier alpha value is -4.84. The number of para-hydroxylation sites is 2. The van der Waals surface area contributed by atoms with Crippen molar-refractivity contribution in [2.45, 2.75) is 9.79 Å². The van der Waals surface area contributed by atoms with Crippen LogP contribution in [0.25, 0.3) is 31.8 Å².